The molecular weight excluding hydrogens is 257 g/mol. The molecule has 1 aromatic heterocycles. The number of hydrogen-bond acceptors (Lipinski definition) is 2. The monoisotopic (exact) mass is 269 g/mol. The van der Waals surface area contributed by atoms with Gasteiger partial charge in [-0.05, 0) is 18.2 Å². The summed E-state index contributed by atoms with van der Waals surface area (Å²) in [6.45, 7) is 2.43. The van der Waals surface area contributed by atoms with Crippen LogP contribution < -0.4 is 5.32 Å². The Kier molecular flexibility index (Phi) is 3.81. The zero-order valence-corrected chi connectivity index (χ0v) is 10.7. The molecule has 4 nitrogen and oxygen atoms in total. The van der Waals surface area contributed by atoms with Gasteiger partial charge >= 0.3 is 0 Å². The van der Waals surface area contributed by atoms with Gasteiger partial charge in [0.1, 0.15) is 11.6 Å². The highest BCUT2D eigenvalue weighted by atomic mass is 35.5. The van der Waals surface area contributed by atoms with Crippen LogP contribution in [-0.4, -0.2) is 22.0 Å². The van der Waals surface area contributed by atoms with Crippen LogP contribution in [0, 0.1) is 5.82 Å². The summed E-state index contributed by atoms with van der Waals surface area (Å²) >= 11 is 5.82. The number of amides is 1. The lowest BCUT2D eigenvalue weighted by Crippen LogP contribution is -2.24. The number of rotatable bonds is 4. The van der Waals surface area contributed by atoms with Crippen LogP contribution in [0.15, 0.2) is 18.2 Å². The predicted octanol–water partition coefficient (Wildman–Crippen LogP) is 2.05. The van der Waals surface area contributed by atoms with Crippen LogP contribution in [0.1, 0.15) is 12.7 Å². The van der Waals surface area contributed by atoms with Gasteiger partial charge in [0.2, 0.25) is 5.91 Å². The Morgan fingerprint density at radius 1 is 1.56 bits per heavy atom. The number of fused-ring (bicyclic) bond motifs is 1. The maximum atomic E-state index is 13.2. The Hall–Kier alpha value is -1.62. The largest absolute Gasteiger partial charge is 0.355 e. The fraction of sp³-hybridized carbons (Fsp3) is 0.333. The molecular formula is C12H13ClFN3O. The smallest absolute Gasteiger partial charge is 0.216 e. The van der Waals surface area contributed by atoms with E-state index in [2.05, 4.69) is 10.3 Å². The molecule has 0 atom stereocenters. The van der Waals surface area contributed by atoms with E-state index in [1.54, 1.807) is 6.07 Å². The van der Waals surface area contributed by atoms with E-state index < -0.39 is 0 Å². The van der Waals surface area contributed by atoms with Gasteiger partial charge in [0.15, 0.2) is 0 Å². The number of nitrogens with zero attached hydrogens (tertiary/aromatic N) is 2. The maximum Gasteiger partial charge on any atom is 0.216 e. The van der Waals surface area contributed by atoms with Gasteiger partial charge in [0, 0.05) is 20.0 Å². The number of imidazole rings is 1. The molecule has 18 heavy (non-hydrogen) atoms. The number of alkyl halides is 1. The van der Waals surface area contributed by atoms with Crippen molar-refractivity contribution >= 4 is 28.5 Å². The average Bonchev–Trinajstić information content (AvgIpc) is 2.66. The summed E-state index contributed by atoms with van der Waals surface area (Å²) in [6, 6.07) is 4.41. The van der Waals surface area contributed by atoms with Gasteiger partial charge in [0.05, 0.1) is 16.9 Å². The molecule has 0 saturated carbocycles. The third-order valence-corrected chi connectivity index (χ3v) is 2.86. The first-order valence-corrected chi connectivity index (χ1v) is 6.10. The van der Waals surface area contributed by atoms with Crippen LogP contribution in [0.4, 0.5) is 4.39 Å². The summed E-state index contributed by atoms with van der Waals surface area (Å²) in [5, 5.41) is 2.69. The van der Waals surface area contributed by atoms with Gasteiger partial charge < -0.3 is 9.88 Å². The molecule has 0 aliphatic heterocycles. The van der Waals surface area contributed by atoms with E-state index in [4.69, 9.17) is 11.6 Å². The van der Waals surface area contributed by atoms with Crippen LogP contribution in [0.2, 0.25) is 0 Å². The van der Waals surface area contributed by atoms with Crippen LogP contribution in [0.3, 0.4) is 0 Å². The van der Waals surface area contributed by atoms with E-state index in [9.17, 15) is 9.18 Å². The van der Waals surface area contributed by atoms with Gasteiger partial charge in [0.25, 0.3) is 0 Å². The molecule has 1 heterocycles. The van der Waals surface area contributed by atoms with E-state index in [-0.39, 0.29) is 17.6 Å². The van der Waals surface area contributed by atoms with Crippen molar-refractivity contribution in [3.8, 4) is 0 Å². The van der Waals surface area contributed by atoms with Crippen molar-refractivity contribution in [3.63, 3.8) is 0 Å². The molecule has 1 aromatic carbocycles. The number of benzene rings is 1. The summed E-state index contributed by atoms with van der Waals surface area (Å²) in [5.41, 5.74) is 1.39. The third kappa shape index (κ3) is 2.61. The molecule has 0 saturated heterocycles. The third-order valence-electron chi connectivity index (χ3n) is 2.62. The first-order valence-electron chi connectivity index (χ1n) is 5.57. The van der Waals surface area contributed by atoms with Gasteiger partial charge in [-0.15, -0.1) is 11.6 Å². The quantitative estimate of drug-likeness (QED) is 0.864. The minimum absolute atomic E-state index is 0.0991. The molecule has 2 aromatic rings. The summed E-state index contributed by atoms with van der Waals surface area (Å²) < 4.78 is 15.1. The van der Waals surface area contributed by atoms with Crippen molar-refractivity contribution in [1.82, 2.24) is 14.9 Å². The second kappa shape index (κ2) is 5.35. The van der Waals surface area contributed by atoms with E-state index in [0.29, 0.717) is 29.9 Å². The van der Waals surface area contributed by atoms with E-state index in [0.717, 1.165) is 0 Å². The summed E-state index contributed by atoms with van der Waals surface area (Å²) in [7, 11) is 0. The Balaban J connectivity index is 2.33. The molecule has 1 amide bonds. The average molecular weight is 270 g/mol. The molecule has 0 spiro atoms. The highest BCUT2D eigenvalue weighted by Crippen LogP contribution is 2.18. The van der Waals surface area contributed by atoms with Crippen LogP contribution >= 0.6 is 11.6 Å². The molecule has 0 bridgehead atoms. The standard InChI is InChI=1S/C12H13ClFN3O/c1-8(18)15-4-5-17-11-6-9(14)2-3-10(11)16-12(17)7-13/h2-3,6H,4-5,7H2,1H3,(H,15,18). The van der Waals surface area contributed by atoms with Crippen molar-refractivity contribution in [3.05, 3.63) is 29.8 Å². The second-order valence-corrected chi connectivity index (χ2v) is 4.20. The number of hydrogen-bond donors (Lipinski definition) is 1. The van der Waals surface area contributed by atoms with Gasteiger partial charge in [-0.25, -0.2) is 9.37 Å². The van der Waals surface area contributed by atoms with E-state index in [1.165, 1.54) is 19.1 Å². The topological polar surface area (TPSA) is 46.9 Å². The SMILES string of the molecule is CC(=O)NCCn1c(CCl)nc2ccc(F)cc21. The minimum atomic E-state index is -0.315. The lowest BCUT2D eigenvalue weighted by Gasteiger charge is -2.08. The van der Waals surface area contributed by atoms with Crippen molar-refractivity contribution in [1.29, 1.82) is 0 Å². The maximum absolute atomic E-state index is 13.2. The Morgan fingerprint density at radius 2 is 2.33 bits per heavy atom. The van der Waals surface area contributed by atoms with Gasteiger partial charge in [-0.1, -0.05) is 0 Å². The molecule has 0 aliphatic carbocycles. The molecule has 0 unspecified atom stereocenters. The number of carbonyl (C=O) groups is 1. The molecule has 0 fully saturated rings. The highest BCUT2D eigenvalue weighted by molar-refractivity contribution is 6.16. The summed E-state index contributed by atoms with van der Waals surface area (Å²) in [4.78, 5) is 15.1. The molecule has 6 heteroatoms. The van der Waals surface area contributed by atoms with Gasteiger partial charge in [-0.2, -0.15) is 0 Å². The Morgan fingerprint density at radius 3 is 3.00 bits per heavy atom. The highest BCUT2D eigenvalue weighted by Gasteiger charge is 2.10. The molecule has 0 radical (unpaired) electrons. The first kappa shape index (κ1) is 12.8. The van der Waals surface area contributed by atoms with E-state index >= 15 is 0 Å². The Bertz CT molecular complexity index is 582. The zero-order chi connectivity index (χ0) is 13.1. The van der Waals surface area contributed by atoms with E-state index in [1.807, 2.05) is 4.57 Å². The molecule has 0 aliphatic rings. The first-order chi connectivity index (χ1) is 8.61. The normalized spacial score (nSPS) is 10.8. The molecule has 2 rings (SSSR count). The zero-order valence-electron chi connectivity index (χ0n) is 9.91. The van der Waals surface area contributed by atoms with Crippen molar-refractivity contribution in [2.45, 2.75) is 19.3 Å². The van der Waals surface area contributed by atoms with Crippen molar-refractivity contribution in [2.75, 3.05) is 6.54 Å². The molecule has 96 valence electrons. The number of carbonyl (C=O) groups excluding carboxylic acids is 1. The number of nitrogens with one attached hydrogen (secondary N) is 1. The Labute approximate surface area is 109 Å². The number of aromatic nitrogens is 2. The summed E-state index contributed by atoms with van der Waals surface area (Å²) in [5.74, 6) is 0.501. The lowest BCUT2D eigenvalue weighted by molar-refractivity contribution is -0.118. The fourth-order valence-corrected chi connectivity index (χ4v) is 2.05. The number of halogens is 2. The van der Waals surface area contributed by atoms with Crippen LogP contribution in [0.5, 0.6) is 0 Å². The fourth-order valence-electron chi connectivity index (χ4n) is 1.84. The van der Waals surface area contributed by atoms with Crippen molar-refractivity contribution < 1.29 is 9.18 Å². The van der Waals surface area contributed by atoms with Crippen LogP contribution in [-0.2, 0) is 17.2 Å². The second-order valence-electron chi connectivity index (χ2n) is 3.93. The summed E-state index contributed by atoms with van der Waals surface area (Å²) in [6.07, 6.45) is 0. The van der Waals surface area contributed by atoms with Gasteiger partial charge in [-0.3, -0.25) is 4.79 Å². The molecule has 1 N–H and O–H groups in total. The minimum Gasteiger partial charge on any atom is -0.355 e. The van der Waals surface area contributed by atoms with Crippen molar-refractivity contribution in [2.24, 2.45) is 0 Å². The van der Waals surface area contributed by atoms with Crippen LogP contribution in [0.25, 0.3) is 11.0 Å². The lowest BCUT2D eigenvalue weighted by atomic mass is 10.3. The predicted molar refractivity (Wildman–Crippen MR) is 67.9 cm³/mol.